The van der Waals surface area contributed by atoms with Crippen LogP contribution in [0.2, 0.25) is 0 Å². The summed E-state index contributed by atoms with van der Waals surface area (Å²) in [7, 11) is -4.02. The fourth-order valence-electron chi connectivity index (χ4n) is 3.68. The van der Waals surface area contributed by atoms with Gasteiger partial charge < -0.3 is 9.73 Å². The summed E-state index contributed by atoms with van der Waals surface area (Å²) in [5.41, 5.74) is 1.27. The van der Waals surface area contributed by atoms with Crippen molar-refractivity contribution in [1.82, 2.24) is 24.1 Å². The Hall–Kier alpha value is -4.30. The number of imidazole rings is 1. The minimum atomic E-state index is -4.56. The Morgan fingerprint density at radius 3 is 2.39 bits per heavy atom. The van der Waals surface area contributed by atoms with Gasteiger partial charge in [-0.05, 0) is 54.6 Å². The lowest BCUT2D eigenvalue weighted by atomic mass is 10.1. The second-order valence-corrected chi connectivity index (χ2v) is 9.75. The van der Waals surface area contributed by atoms with E-state index >= 15 is 0 Å². The lowest BCUT2D eigenvalue weighted by Crippen LogP contribution is -2.29. The molecule has 0 aliphatic rings. The van der Waals surface area contributed by atoms with Crippen LogP contribution in [0.4, 0.5) is 23.5 Å². The molecule has 0 spiro atoms. The number of alkyl halides is 3. The van der Waals surface area contributed by atoms with Crippen LogP contribution < -0.4 is 10.0 Å². The number of aromatic nitrogens is 4. The van der Waals surface area contributed by atoms with Crippen molar-refractivity contribution in [2.45, 2.75) is 11.1 Å². The normalized spacial score (nSPS) is 12.2. The largest absolute Gasteiger partial charge is 0.432 e. The summed E-state index contributed by atoms with van der Waals surface area (Å²) in [6.07, 6.45) is 0.0680. The number of benzene rings is 2. The summed E-state index contributed by atoms with van der Waals surface area (Å²) < 4.78 is 85.8. The Bertz CT molecular complexity index is 1680. The first-order valence-electron chi connectivity index (χ1n) is 11.1. The maximum absolute atomic E-state index is 13.4. The fraction of sp³-hybridized carbons (Fsp3) is 0.125. The molecule has 0 fully saturated rings. The second kappa shape index (κ2) is 9.87. The second-order valence-electron chi connectivity index (χ2n) is 7.98. The number of halogens is 4. The number of hydrogen-bond donors (Lipinski definition) is 2. The van der Waals surface area contributed by atoms with Gasteiger partial charge in [0.1, 0.15) is 23.5 Å². The molecule has 0 radical (unpaired) electrons. The molecule has 3 heterocycles. The minimum absolute atomic E-state index is 0.0850. The Labute approximate surface area is 213 Å². The fourth-order valence-corrected chi connectivity index (χ4v) is 4.71. The van der Waals surface area contributed by atoms with Crippen molar-refractivity contribution in [2.75, 3.05) is 18.4 Å². The molecule has 5 aromatic rings. The Balaban J connectivity index is 1.29. The van der Waals surface area contributed by atoms with E-state index in [0.29, 0.717) is 40.6 Å². The average molecular weight is 547 g/mol. The summed E-state index contributed by atoms with van der Waals surface area (Å²) in [6.45, 7) is -0.00189. The monoisotopic (exact) mass is 546 g/mol. The lowest BCUT2D eigenvalue weighted by molar-refractivity contribution is -0.137. The number of hydrogen-bond acceptors (Lipinski definition) is 7. The van der Waals surface area contributed by atoms with E-state index in [1.165, 1.54) is 24.6 Å². The van der Waals surface area contributed by atoms with Gasteiger partial charge in [-0.2, -0.15) is 18.2 Å². The number of oxazole rings is 1. The molecule has 0 unspecified atom stereocenters. The van der Waals surface area contributed by atoms with Gasteiger partial charge in [0, 0.05) is 31.0 Å². The molecule has 5 rings (SSSR count). The molecule has 2 N–H and O–H groups in total. The van der Waals surface area contributed by atoms with Crippen molar-refractivity contribution in [2.24, 2.45) is 0 Å². The molecule has 2 aromatic carbocycles. The number of fused-ring (bicyclic) bond motifs is 1. The van der Waals surface area contributed by atoms with Crippen LogP contribution in [0.15, 0.2) is 82.6 Å². The van der Waals surface area contributed by atoms with Gasteiger partial charge in [-0.1, -0.05) is 0 Å². The molecule has 0 bridgehead atoms. The molecule has 38 heavy (non-hydrogen) atoms. The van der Waals surface area contributed by atoms with Crippen LogP contribution in [0, 0.1) is 5.82 Å². The molecule has 0 atom stereocenters. The quantitative estimate of drug-likeness (QED) is 0.216. The van der Waals surface area contributed by atoms with Crippen LogP contribution >= 0.6 is 0 Å². The predicted molar refractivity (Wildman–Crippen MR) is 129 cm³/mol. The van der Waals surface area contributed by atoms with E-state index in [1.54, 1.807) is 28.8 Å². The van der Waals surface area contributed by atoms with E-state index in [1.807, 2.05) is 0 Å². The predicted octanol–water partition coefficient (Wildman–Crippen LogP) is 4.60. The summed E-state index contributed by atoms with van der Waals surface area (Å²) >= 11 is 0. The molecular formula is C24H18F4N6O3S. The first-order valence-corrected chi connectivity index (χ1v) is 12.6. The van der Waals surface area contributed by atoms with Crippen molar-refractivity contribution in [3.8, 4) is 22.6 Å². The van der Waals surface area contributed by atoms with Gasteiger partial charge in [0.25, 0.3) is 0 Å². The van der Waals surface area contributed by atoms with E-state index in [0.717, 1.165) is 12.1 Å². The smallest absolute Gasteiger partial charge is 0.416 e. The molecule has 9 nitrogen and oxygen atoms in total. The molecular weight excluding hydrogens is 528 g/mol. The van der Waals surface area contributed by atoms with Gasteiger partial charge >= 0.3 is 12.0 Å². The van der Waals surface area contributed by atoms with Crippen LogP contribution in [0.1, 0.15) is 5.56 Å². The zero-order chi connectivity index (χ0) is 26.9. The highest BCUT2D eigenvalue weighted by Crippen LogP contribution is 2.32. The molecule has 0 aliphatic heterocycles. The molecule has 0 aliphatic carbocycles. The number of nitrogens with zero attached hydrogens (tertiary/aromatic N) is 4. The highest BCUT2D eigenvalue weighted by Gasteiger charge is 2.30. The van der Waals surface area contributed by atoms with E-state index in [4.69, 9.17) is 4.42 Å². The van der Waals surface area contributed by atoms with Crippen molar-refractivity contribution in [3.63, 3.8) is 0 Å². The Morgan fingerprint density at radius 1 is 0.947 bits per heavy atom. The van der Waals surface area contributed by atoms with E-state index in [2.05, 4.69) is 25.0 Å². The van der Waals surface area contributed by atoms with Crippen molar-refractivity contribution >= 4 is 21.8 Å². The summed E-state index contributed by atoms with van der Waals surface area (Å²) in [4.78, 5) is 12.8. The van der Waals surface area contributed by atoms with E-state index in [9.17, 15) is 26.0 Å². The third-order valence-electron chi connectivity index (χ3n) is 5.47. The van der Waals surface area contributed by atoms with Gasteiger partial charge in [-0.3, -0.25) is 4.40 Å². The number of sulfonamides is 1. The van der Waals surface area contributed by atoms with Crippen LogP contribution in [0.5, 0.6) is 0 Å². The molecule has 3 aromatic heterocycles. The Kier molecular flexibility index (Phi) is 6.59. The van der Waals surface area contributed by atoms with Crippen molar-refractivity contribution in [1.29, 1.82) is 0 Å². The van der Waals surface area contributed by atoms with Crippen LogP contribution in [0.25, 0.3) is 28.5 Å². The maximum Gasteiger partial charge on any atom is 0.416 e. The van der Waals surface area contributed by atoms with E-state index < -0.39 is 21.8 Å². The average Bonchev–Trinajstić information content (AvgIpc) is 3.48. The third kappa shape index (κ3) is 5.21. The minimum Gasteiger partial charge on any atom is -0.432 e. The number of rotatable bonds is 8. The third-order valence-corrected chi connectivity index (χ3v) is 6.95. The molecule has 0 saturated carbocycles. The molecule has 14 heteroatoms. The topological polar surface area (TPSA) is 114 Å². The Morgan fingerprint density at radius 2 is 1.68 bits per heavy atom. The standard InChI is InChI=1S/C24H18F4N6O3S/c25-17-5-1-15(2-6-17)20-21(34-13-14-37-23(34)33-20)19-9-10-29-22(32-19)30-11-12-31-38(35,36)18-7-3-16(4-8-18)24(26,27)28/h1-10,13-14,31H,11-12H2,(H,29,30,32). The van der Waals surface area contributed by atoms with Gasteiger partial charge in [-0.15, -0.1) is 0 Å². The van der Waals surface area contributed by atoms with Crippen molar-refractivity contribution in [3.05, 3.63) is 84.6 Å². The molecule has 0 amide bonds. The maximum atomic E-state index is 13.4. The summed E-state index contributed by atoms with van der Waals surface area (Å²) in [5, 5.41) is 2.91. The highest BCUT2D eigenvalue weighted by atomic mass is 32.2. The first-order chi connectivity index (χ1) is 18.1. The van der Waals surface area contributed by atoms with Gasteiger partial charge in [-0.25, -0.2) is 27.5 Å². The molecule has 0 saturated heterocycles. The van der Waals surface area contributed by atoms with E-state index in [-0.39, 0.29) is 29.8 Å². The summed E-state index contributed by atoms with van der Waals surface area (Å²) in [6, 6.07) is 10.7. The van der Waals surface area contributed by atoms with Crippen LogP contribution in [0.3, 0.4) is 0 Å². The zero-order valence-electron chi connectivity index (χ0n) is 19.3. The first kappa shape index (κ1) is 25.4. The SMILES string of the molecule is O=S(=O)(NCCNc1nccc(-c2c(-c3ccc(F)cc3)nc3occn23)n1)c1ccc(C(F)(F)F)cc1. The molecule has 196 valence electrons. The van der Waals surface area contributed by atoms with Crippen molar-refractivity contribution < 1.29 is 30.4 Å². The van der Waals surface area contributed by atoms with Gasteiger partial charge in [0.05, 0.1) is 16.2 Å². The van der Waals surface area contributed by atoms with Gasteiger partial charge in [0.2, 0.25) is 16.0 Å². The van der Waals surface area contributed by atoms with Crippen LogP contribution in [-0.2, 0) is 16.2 Å². The number of anilines is 1. The van der Waals surface area contributed by atoms with Gasteiger partial charge in [0.15, 0.2) is 0 Å². The zero-order valence-corrected chi connectivity index (χ0v) is 20.1. The highest BCUT2D eigenvalue weighted by molar-refractivity contribution is 7.89. The van der Waals surface area contributed by atoms with Crippen LogP contribution in [-0.4, -0.2) is 40.9 Å². The summed E-state index contributed by atoms with van der Waals surface area (Å²) in [5.74, 6) is 0.116. The number of nitrogens with one attached hydrogen (secondary N) is 2. The lowest BCUT2D eigenvalue weighted by Gasteiger charge is -2.10.